The first-order valence-corrected chi connectivity index (χ1v) is 20.7. The number of aliphatic hydroxyl groups is 1. The number of aliphatic hydroxyl groups excluding tert-OH is 1. The van der Waals surface area contributed by atoms with Crippen LogP contribution in [0.3, 0.4) is 0 Å². The number of halogens is 1. The lowest BCUT2D eigenvalue weighted by Gasteiger charge is -2.46. The molecular weight excluding hydrogens is 720 g/mol. The van der Waals surface area contributed by atoms with E-state index < -0.39 is 33.7 Å². The smallest absolute Gasteiger partial charge is 0.407 e. The molecule has 2 aromatic rings. The second-order valence-electron chi connectivity index (χ2n) is 15.8. The Morgan fingerprint density at radius 1 is 1.13 bits per heavy atom. The van der Waals surface area contributed by atoms with Crippen molar-refractivity contribution in [3.63, 3.8) is 0 Å². The Morgan fingerprint density at radius 2 is 1.94 bits per heavy atom. The molecule has 0 aromatic heterocycles. The Kier molecular flexibility index (Phi) is 11.0. The first kappa shape index (κ1) is 37.9. The van der Waals surface area contributed by atoms with E-state index in [1.54, 1.807) is 18.2 Å². The van der Waals surface area contributed by atoms with Crippen LogP contribution in [0.15, 0.2) is 53.4 Å². The average molecular weight is 771 g/mol. The summed E-state index contributed by atoms with van der Waals surface area (Å²) in [6, 6.07) is 10.8. The third kappa shape index (κ3) is 8.34. The van der Waals surface area contributed by atoms with E-state index in [2.05, 4.69) is 25.9 Å². The molecule has 3 aliphatic heterocycles. The summed E-state index contributed by atoms with van der Waals surface area (Å²) in [5.41, 5.74) is 1.20. The summed E-state index contributed by atoms with van der Waals surface area (Å²) in [6.45, 7) is 7.31. The number of aryl methyl sites for hydroxylation is 1. The number of alkyl carbamates (subject to hydrolysis) is 1. The largest absolute Gasteiger partial charge is 0.490 e. The fourth-order valence-corrected chi connectivity index (χ4v) is 9.82. The SMILES string of the molecule is CC1(C)OC/C=C\[C@H](OC(=O)NCCN2CCC(O)CC2)[C@@H]2CC[C@H]2CN2C[C@@]3(CCCc4cc(Cl)ccc43)COc3ccc(cc32)S(=O)(=O)NC1=O. The van der Waals surface area contributed by atoms with Crippen molar-refractivity contribution in [2.45, 2.75) is 86.9 Å². The molecule has 2 fully saturated rings. The molecule has 288 valence electrons. The second-order valence-corrected chi connectivity index (χ2v) is 17.9. The van der Waals surface area contributed by atoms with Gasteiger partial charge in [-0.05, 0) is 112 Å². The maximum absolute atomic E-state index is 13.7. The van der Waals surface area contributed by atoms with Gasteiger partial charge in [0.25, 0.3) is 15.9 Å². The van der Waals surface area contributed by atoms with Crippen molar-refractivity contribution in [3.8, 4) is 5.75 Å². The Bertz CT molecular complexity index is 1830. The Balaban J connectivity index is 1.19. The van der Waals surface area contributed by atoms with Gasteiger partial charge in [-0.15, -0.1) is 0 Å². The lowest BCUT2D eigenvalue weighted by molar-refractivity contribution is -0.139. The number of nitrogens with zero attached hydrogens (tertiary/aromatic N) is 2. The number of rotatable bonds is 4. The van der Waals surface area contributed by atoms with Gasteiger partial charge in [-0.1, -0.05) is 23.7 Å². The molecule has 3 heterocycles. The van der Waals surface area contributed by atoms with Crippen molar-refractivity contribution in [1.82, 2.24) is 14.9 Å². The molecule has 2 aliphatic carbocycles. The van der Waals surface area contributed by atoms with Crippen LogP contribution in [0.2, 0.25) is 5.02 Å². The van der Waals surface area contributed by atoms with Crippen molar-refractivity contribution >= 4 is 39.3 Å². The van der Waals surface area contributed by atoms with Crippen LogP contribution in [-0.4, -0.2) is 101 Å². The summed E-state index contributed by atoms with van der Waals surface area (Å²) in [5, 5.41) is 13.4. The van der Waals surface area contributed by atoms with Gasteiger partial charge in [0, 0.05) is 55.6 Å². The Morgan fingerprint density at radius 3 is 2.72 bits per heavy atom. The highest BCUT2D eigenvalue weighted by molar-refractivity contribution is 7.90. The first-order chi connectivity index (χ1) is 25.3. The minimum atomic E-state index is -4.25. The molecule has 1 spiro atoms. The molecule has 12 nitrogen and oxygen atoms in total. The lowest BCUT2D eigenvalue weighted by Crippen LogP contribution is -2.50. The lowest BCUT2D eigenvalue weighted by atomic mass is 9.68. The number of sulfonamides is 1. The van der Waals surface area contributed by atoms with Crippen LogP contribution in [0.4, 0.5) is 10.5 Å². The minimum Gasteiger partial charge on any atom is -0.490 e. The quantitative estimate of drug-likeness (QED) is 0.379. The first-order valence-electron chi connectivity index (χ1n) is 18.9. The van der Waals surface area contributed by atoms with Crippen LogP contribution in [0, 0.1) is 11.8 Å². The zero-order valence-electron chi connectivity index (χ0n) is 30.5. The molecule has 1 saturated carbocycles. The highest BCUT2D eigenvalue weighted by Gasteiger charge is 2.45. The molecule has 0 radical (unpaired) electrons. The zero-order chi connectivity index (χ0) is 37.4. The van der Waals surface area contributed by atoms with Gasteiger partial charge in [0.2, 0.25) is 0 Å². The molecular formula is C39H51ClN4O8S. The molecule has 7 rings (SSSR count). The van der Waals surface area contributed by atoms with Gasteiger partial charge in [-0.25, -0.2) is 17.9 Å². The molecule has 14 heteroatoms. The van der Waals surface area contributed by atoms with Gasteiger partial charge in [0.1, 0.15) is 17.5 Å². The second kappa shape index (κ2) is 15.4. The number of fused-ring (bicyclic) bond motifs is 4. The predicted molar refractivity (Wildman–Crippen MR) is 201 cm³/mol. The highest BCUT2D eigenvalue weighted by Crippen LogP contribution is 2.47. The number of hydrogen-bond acceptors (Lipinski definition) is 10. The van der Waals surface area contributed by atoms with Crippen LogP contribution in [0.1, 0.15) is 63.5 Å². The normalized spacial score (nSPS) is 29.3. The van der Waals surface area contributed by atoms with Gasteiger partial charge in [-0.3, -0.25) is 4.79 Å². The van der Waals surface area contributed by atoms with E-state index in [-0.39, 0.29) is 34.9 Å². The average Bonchev–Trinajstić information content (AvgIpc) is 3.25. The van der Waals surface area contributed by atoms with Crippen molar-refractivity contribution in [3.05, 3.63) is 64.7 Å². The molecule has 3 N–H and O–H groups in total. The van der Waals surface area contributed by atoms with Crippen LogP contribution < -0.4 is 19.7 Å². The van der Waals surface area contributed by atoms with Crippen molar-refractivity contribution in [1.29, 1.82) is 0 Å². The van der Waals surface area contributed by atoms with Gasteiger partial charge in [-0.2, -0.15) is 0 Å². The number of anilines is 1. The topological polar surface area (TPSA) is 147 Å². The van der Waals surface area contributed by atoms with Crippen molar-refractivity contribution in [2.75, 3.05) is 57.4 Å². The highest BCUT2D eigenvalue weighted by atomic mass is 35.5. The van der Waals surface area contributed by atoms with E-state index in [9.17, 15) is 23.1 Å². The van der Waals surface area contributed by atoms with Crippen LogP contribution >= 0.6 is 11.6 Å². The maximum atomic E-state index is 13.7. The Labute approximate surface area is 317 Å². The van der Waals surface area contributed by atoms with Gasteiger partial charge < -0.3 is 34.4 Å². The van der Waals surface area contributed by atoms with Crippen LogP contribution in [0.25, 0.3) is 0 Å². The summed E-state index contributed by atoms with van der Waals surface area (Å²) in [5.74, 6) is -0.104. The van der Waals surface area contributed by atoms with Crippen LogP contribution in [-0.2, 0) is 36.1 Å². The van der Waals surface area contributed by atoms with Gasteiger partial charge in [0.15, 0.2) is 0 Å². The number of likely N-dealkylation sites (tertiary alicyclic amines) is 1. The van der Waals surface area contributed by atoms with Crippen LogP contribution in [0.5, 0.6) is 5.75 Å². The summed E-state index contributed by atoms with van der Waals surface area (Å²) >= 11 is 6.44. The third-order valence-electron chi connectivity index (χ3n) is 11.8. The molecule has 4 atom stereocenters. The summed E-state index contributed by atoms with van der Waals surface area (Å²) in [4.78, 5) is 31.0. The van der Waals surface area contributed by atoms with E-state index in [0.717, 1.165) is 58.0 Å². The Hall–Kier alpha value is -3.36. The minimum absolute atomic E-state index is 0.00210. The summed E-state index contributed by atoms with van der Waals surface area (Å²) < 4.78 is 48.1. The van der Waals surface area contributed by atoms with E-state index in [4.69, 9.17) is 25.8 Å². The standard InChI is InChI=1S/C39H51ClN4O8S/c1-38(2)36(46)42-53(48,49)30-9-12-35-33(22-30)44(24-39(25-50-35)15-3-5-26-21-28(40)8-11-32(26)39)23-27-7-10-31(27)34(6-4-20-51-38)52-37(47)41-16-19-43-17-13-29(45)14-18-43/h4,6,8-9,11-12,21-22,27,29,31,34,45H,3,5,7,10,13-20,23-25H2,1-2H3,(H,41,47)(H,42,46)/b6-4-/t27-,31+,34-,39-/m0/s1. The van der Waals surface area contributed by atoms with E-state index in [1.165, 1.54) is 31.0 Å². The van der Waals surface area contributed by atoms with E-state index >= 15 is 0 Å². The number of benzene rings is 2. The number of carbonyl (C=O) groups excluding carboxylic acids is 2. The third-order valence-corrected chi connectivity index (χ3v) is 13.4. The van der Waals surface area contributed by atoms with E-state index in [0.29, 0.717) is 49.2 Å². The molecule has 2 aromatic carbocycles. The van der Waals surface area contributed by atoms with Crippen molar-refractivity contribution in [2.24, 2.45) is 11.8 Å². The predicted octanol–water partition coefficient (Wildman–Crippen LogP) is 4.56. The monoisotopic (exact) mass is 770 g/mol. The van der Waals surface area contributed by atoms with Crippen molar-refractivity contribution < 1.29 is 37.3 Å². The fourth-order valence-electron chi connectivity index (χ4n) is 8.51. The number of piperidine rings is 1. The van der Waals surface area contributed by atoms with Gasteiger partial charge >= 0.3 is 6.09 Å². The fraction of sp³-hybridized carbons (Fsp3) is 0.590. The zero-order valence-corrected chi connectivity index (χ0v) is 32.1. The van der Waals surface area contributed by atoms with E-state index in [1.807, 2.05) is 18.2 Å². The number of nitrogens with one attached hydrogen (secondary N) is 2. The molecule has 2 bridgehead atoms. The van der Waals surface area contributed by atoms with Gasteiger partial charge in [0.05, 0.1) is 29.9 Å². The number of hydrogen-bond donors (Lipinski definition) is 3. The number of carbonyl (C=O) groups is 2. The maximum Gasteiger partial charge on any atom is 0.407 e. The summed E-state index contributed by atoms with van der Waals surface area (Å²) in [6.07, 6.45) is 8.25. The number of ether oxygens (including phenoxy) is 3. The molecule has 53 heavy (non-hydrogen) atoms. The number of amides is 2. The molecule has 1 saturated heterocycles. The summed E-state index contributed by atoms with van der Waals surface area (Å²) in [7, 11) is -4.25. The molecule has 5 aliphatic rings. The molecule has 2 amide bonds. The molecule has 0 unspecified atom stereocenters.